The molecule has 6 heteroatoms. The minimum Gasteiger partial charge on any atom is -0.480 e. The number of aliphatic carboxylic acids is 1. The number of nitrogens with zero attached hydrogens (tertiary/aromatic N) is 1. The molecule has 0 saturated carbocycles. The number of hydrogen-bond acceptors (Lipinski definition) is 4. The molecular formula is C16H15NO3S2. The fraction of sp³-hybridized carbons (Fsp3) is 0.188. The first kappa shape index (κ1) is 16.5. The Balaban J connectivity index is 2.23. The van der Waals surface area contributed by atoms with Crippen molar-refractivity contribution in [3.05, 3.63) is 52.4 Å². The van der Waals surface area contributed by atoms with E-state index in [1.807, 2.05) is 43.3 Å². The van der Waals surface area contributed by atoms with Gasteiger partial charge in [-0.25, -0.2) is 4.79 Å². The van der Waals surface area contributed by atoms with Crippen molar-refractivity contribution in [1.29, 1.82) is 0 Å². The summed E-state index contributed by atoms with van der Waals surface area (Å²) in [5.41, 5.74) is 1.93. The maximum Gasteiger partial charge on any atom is 0.326 e. The smallest absolute Gasteiger partial charge is 0.326 e. The van der Waals surface area contributed by atoms with Gasteiger partial charge >= 0.3 is 5.97 Å². The van der Waals surface area contributed by atoms with Crippen LogP contribution in [0.25, 0.3) is 6.08 Å². The van der Waals surface area contributed by atoms with E-state index in [-0.39, 0.29) is 10.2 Å². The summed E-state index contributed by atoms with van der Waals surface area (Å²) >= 11 is 6.25. The van der Waals surface area contributed by atoms with E-state index in [2.05, 4.69) is 0 Å². The van der Waals surface area contributed by atoms with Crippen LogP contribution in [-0.2, 0) is 9.59 Å². The summed E-state index contributed by atoms with van der Waals surface area (Å²) in [5, 5.41) is 9.05. The molecule has 114 valence electrons. The zero-order chi connectivity index (χ0) is 16.3. The molecule has 1 heterocycles. The molecular weight excluding hydrogens is 318 g/mol. The largest absolute Gasteiger partial charge is 0.480 e. The molecule has 1 aromatic rings. The van der Waals surface area contributed by atoms with Crippen LogP contribution in [0.3, 0.4) is 0 Å². The zero-order valence-corrected chi connectivity index (χ0v) is 13.8. The van der Waals surface area contributed by atoms with Crippen molar-refractivity contribution in [2.75, 3.05) is 0 Å². The molecule has 1 aromatic carbocycles. The molecule has 0 aliphatic carbocycles. The summed E-state index contributed by atoms with van der Waals surface area (Å²) in [4.78, 5) is 25.0. The summed E-state index contributed by atoms with van der Waals surface area (Å²) < 4.78 is 0.277. The molecule has 0 spiro atoms. The van der Waals surface area contributed by atoms with Crippen LogP contribution in [0.4, 0.5) is 0 Å². The van der Waals surface area contributed by atoms with Gasteiger partial charge in [-0.2, -0.15) is 0 Å². The molecule has 0 radical (unpaired) electrons. The number of thioether (sulfide) groups is 1. The van der Waals surface area contributed by atoms with Crippen LogP contribution in [0.2, 0.25) is 0 Å². The maximum absolute atomic E-state index is 12.3. The van der Waals surface area contributed by atoms with Gasteiger partial charge in [-0.3, -0.25) is 9.69 Å². The third-order valence-electron chi connectivity index (χ3n) is 3.12. The van der Waals surface area contributed by atoms with Crippen LogP contribution >= 0.6 is 24.0 Å². The number of thiocarbonyl (C=S) groups is 1. The summed E-state index contributed by atoms with van der Waals surface area (Å²) in [6.45, 7) is 3.34. The van der Waals surface area contributed by atoms with Crippen molar-refractivity contribution in [2.45, 2.75) is 19.9 Å². The normalized spacial score (nSPS) is 18.9. The van der Waals surface area contributed by atoms with Crippen LogP contribution in [-0.4, -0.2) is 32.2 Å². The van der Waals surface area contributed by atoms with E-state index in [1.54, 1.807) is 6.08 Å². The first-order valence-corrected chi connectivity index (χ1v) is 7.86. The van der Waals surface area contributed by atoms with Crippen molar-refractivity contribution in [1.82, 2.24) is 4.90 Å². The lowest BCUT2D eigenvalue weighted by Crippen LogP contribution is -2.41. The number of hydrogen-bond donors (Lipinski definition) is 1. The molecule has 1 N–H and O–H groups in total. The molecule has 0 aromatic heterocycles. The van der Waals surface area contributed by atoms with E-state index >= 15 is 0 Å². The Morgan fingerprint density at radius 3 is 2.59 bits per heavy atom. The van der Waals surface area contributed by atoms with Crippen LogP contribution in [0.5, 0.6) is 0 Å². The number of allylic oxidation sites excluding steroid dienone is 2. The van der Waals surface area contributed by atoms with E-state index in [1.165, 1.54) is 6.92 Å². The highest BCUT2D eigenvalue weighted by Crippen LogP contribution is 2.33. The highest BCUT2D eigenvalue weighted by atomic mass is 32.2. The molecule has 1 atom stereocenters. The molecule has 2 rings (SSSR count). The van der Waals surface area contributed by atoms with Crippen molar-refractivity contribution >= 4 is 46.3 Å². The van der Waals surface area contributed by atoms with Gasteiger partial charge in [0.1, 0.15) is 10.4 Å². The lowest BCUT2D eigenvalue weighted by atomic mass is 10.1. The average molecular weight is 333 g/mol. The number of amides is 1. The minimum absolute atomic E-state index is 0.277. The van der Waals surface area contributed by atoms with Gasteiger partial charge in [-0.05, 0) is 31.1 Å². The lowest BCUT2D eigenvalue weighted by Gasteiger charge is -2.18. The standard InChI is InChI=1S/C16H15NO3S2/c1-10(8-12-6-4-3-5-7-12)9-13-14(18)17(16(21)22-13)11(2)15(19)20/h3-9,11H,1-2H3,(H,19,20)/b10-8+,13-9-/t11-/m1/s1. The molecule has 1 aliphatic rings. The monoisotopic (exact) mass is 333 g/mol. The van der Waals surface area contributed by atoms with Gasteiger partial charge in [0.05, 0.1) is 4.91 Å². The Morgan fingerprint density at radius 1 is 1.36 bits per heavy atom. The van der Waals surface area contributed by atoms with E-state index in [0.717, 1.165) is 27.8 Å². The number of benzene rings is 1. The predicted molar refractivity (Wildman–Crippen MR) is 92.3 cm³/mol. The second-order valence-corrected chi connectivity index (χ2v) is 6.54. The fourth-order valence-corrected chi connectivity index (χ4v) is 3.45. The summed E-state index contributed by atoms with van der Waals surface area (Å²) in [7, 11) is 0. The quantitative estimate of drug-likeness (QED) is 0.677. The van der Waals surface area contributed by atoms with E-state index in [9.17, 15) is 9.59 Å². The number of rotatable bonds is 4. The van der Waals surface area contributed by atoms with Gasteiger partial charge in [0.2, 0.25) is 0 Å². The fourth-order valence-electron chi connectivity index (χ4n) is 1.98. The van der Waals surface area contributed by atoms with Gasteiger partial charge in [-0.1, -0.05) is 60.4 Å². The first-order chi connectivity index (χ1) is 10.4. The van der Waals surface area contributed by atoms with Crippen molar-refractivity contribution in [3.63, 3.8) is 0 Å². The third-order valence-corrected chi connectivity index (χ3v) is 4.45. The van der Waals surface area contributed by atoms with E-state index < -0.39 is 12.0 Å². The molecule has 1 aliphatic heterocycles. The van der Waals surface area contributed by atoms with Crippen LogP contribution in [0.1, 0.15) is 19.4 Å². The van der Waals surface area contributed by atoms with Crippen LogP contribution < -0.4 is 0 Å². The molecule has 1 saturated heterocycles. The molecule has 1 amide bonds. The number of carboxylic acid groups (broad SMARTS) is 1. The van der Waals surface area contributed by atoms with Crippen LogP contribution in [0.15, 0.2) is 46.9 Å². The number of carbonyl (C=O) groups excluding carboxylic acids is 1. The van der Waals surface area contributed by atoms with Crippen molar-refractivity contribution in [3.8, 4) is 0 Å². The van der Waals surface area contributed by atoms with Gasteiger partial charge in [-0.15, -0.1) is 0 Å². The summed E-state index contributed by atoms with van der Waals surface area (Å²) in [5.74, 6) is -1.43. The van der Waals surface area contributed by atoms with Crippen molar-refractivity contribution in [2.24, 2.45) is 0 Å². The molecule has 22 heavy (non-hydrogen) atoms. The summed E-state index contributed by atoms with van der Waals surface area (Å²) in [6.07, 6.45) is 3.69. The van der Waals surface area contributed by atoms with Gasteiger partial charge in [0.25, 0.3) is 5.91 Å². The van der Waals surface area contributed by atoms with Gasteiger partial charge in [0.15, 0.2) is 0 Å². The zero-order valence-electron chi connectivity index (χ0n) is 12.1. The number of carbonyl (C=O) groups is 2. The number of carboxylic acids is 1. The molecule has 1 fully saturated rings. The maximum atomic E-state index is 12.3. The highest BCUT2D eigenvalue weighted by Gasteiger charge is 2.38. The topological polar surface area (TPSA) is 57.6 Å². The van der Waals surface area contributed by atoms with Gasteiger partial charge < -0.3 is 5.11 Å². The predicted octanol–water partition coefficient (Wildman–Crippen LogP) is 3.31. The molecule has 4 nitrogen and oxygen atoms in total. The molecule has 0 bridgehead atoms. The van der Waals surface area contributed by atoms with Crippen molar-refractivity contribution < 1.29 is 14.7 Å². The minimum atomic E-state index is -1.07. The van der Waals surface area contributed by atoms with Crippen LogP contribution in [0, 0.1) is 0 Å². The summed E-state index contributed by atoms with van der Waals surface area (Å²) in [6, 6.07) is 8.78. The molecule has 0 unspecified atom stereocenters. The van der Waals surface area contributed by atoms with E-state index in [4.69, 9.17) is 17.3 Å². The lowest BCUT2D eigenvalue weighted by molar-refractivity contribution is -0.144. The Labute approximate surface area is 138 Å². The Hall–Kier alpha value is -1.92. The second-order valence-electron chi connectivity index (χ2n) is 4.86. The Kier molecular flexibility index (Phi) is 5.15. The highest BCUT2D eigenvalue weighted by molar-refractivity contribution is 8.26. The third kappa shape index (κ3) is 3.64. The average Bonchev–Trinajstić information content (AvgIpc) is 2.73. The second kappa shape index (κ2) is 6.89. The van der Waals surface area contributed by atoms with Gasteiger partial charge in [0, 0.05) is 0 Å². The Morgan fingerprint density at radius 2 is 2.00 bits per heavy atom. The SMILES string of the molecule is CC(/C=C1\SC(=S)N([C@H](C)C(=O)O)C1=O)=C\c1ccccc1. The van der Waals surface area contributed by atoms with E-state index in [0.29, 0.717) is 4.91 Å². The Bertz CT molecular complexity index is 680. The first-order valence-electron chi connectivity index (χ1n) is 6.63.